The molecule has 0 spiro atoms. The molecule has 2 aliphatic heterocycles. The Morgan fingerprint density at radius 3 is 2.28 bits per heavy atom. The molecule has 25 heavy (non-hydrogen) atoms. The highest BCUT2D eigenvalue weighted by atomic mass is 32.2. The van der Waals surface area contributed by atoms with Crippen LogP contribution in [0.1, 0.15) is 6.42 Å². The molecule has 2 saturated heterocycles. The third kappa shape index (κ3) is 3.60. The normalized spacial score (nSPS) is 21.5. The van der Waals surface area contributed by atoms with Crippen molar-refractivity contribution >= 4 is 22.3 Å². The van der Waals surface area contributed by atoms with Crippen molar-refractivity contribution in [1.29, 1.82) is 0 Å². The molecule has 1 aromatic rings. The van der Waals surface area contributed by atoms with Crippen LogP contribution >= 0.6 is 0 Å². The zero-order valence-corrected chi connectivity index (χ0v) is 14.5. The minimum Gasteiger partial charge on any atom is -0.342 e. The maximum Gasteiger partial charge on any atom is 0.320 e. The summed E-state index contributed by atoms with van der Waals surface area (Å²) in [6.07, 6.45) is 1.13. The van der Waals surface area contributed by atoms with Crippen molar-refractivity contribution in [3.05, 3.63) is 30.1 Å². The molecule has 1 unspecified atom stereocenters. The first kappa shape index (κ1) is 17.7. The molecule has 3 rings (SSSR count). The first-order valence-corrected chi connectivity index (χ1v) is 9.69. The average Bonchev–Trinajstić information content (AvgIpc) is 3.12. The van der Waals surface area contributed by atoms with E-state index in [4.69, 9.17) is 0 Å². The molecule has 1 atom stereocenters. The van der Waals surface area contributed by atoms with E-state index in [1.54, 1.807) is 14.7 Å². The Morgan fingerprint density at radius 1 is 1.04 bits per heavy atom. The van der Waals surface area contributed by atoms with Gasteiger partial charge in [0.15, 0.2) is 9.84 Å². The van der Waals surface area contributed by atoms with Gasteiger partial charge in [-0.1, -0.05) is 0 Å². The van der Waals surface area contributed by atoms with E-state index in [1.165, 1.54) is 12.1 Å². The first-order chi connectivity index (χ1) is 11.9. The molecule has 0 aliphatic carbocycles. The number of hydrogen-bond acceptors (Lipinski definition) is 4. The zero-order valence-electron chi connectivity index (χ0n) is 13.7. The van der Waals surface area contributed by atoms with Crippen molar-refractivity contribution < 1.29 is 22.4 Å². The van der Waals surface area contributed by atoms with Gasteiger partial charge in [-0.3, -0.25) is 4.79 Å². The number of likely N-dealkylation sites (tertiary alicyclic amines) is 1. The molecule has 3 amide bonds. The number of halogens is 1. The van der Waals surface area contributed by atoms with Gasteiger partial charge in [-0.25, -0.2) is 17.6 Å². The quantitative estimate of drug-likeness (QED) is 0.576. The van der Waals surface area contributed by atoms with Gasteiger partial charge >= 0.3 is 6.03 Å². The van der Waals surface area contributed by atoms with Crippen LogP contribution in [0.25, 0.3) is 0 Å². The van der Waals surface area contributed by atoms with E-state index >= 15 is 0 Å². The largest absolute Gasteiger partial charge is 0.342 e. The van der Waals surface area contributed by atoms with Gasteiger partial charge in [0.05, 0.1) is 10.1 Å². The fraction of sp³-hybridized carbons (Fsp3) is 0.500. The van der Waals surface area contributed by atoms with Gasteiger partial charge in [0, 0.05) is 39.3 Å². The van der Waals surface area contributed by atoms with Crippen LogP contribution in [0.2, 0.25) is 0 Å². The summed E-state index contributed by atoms with van der Waals surface area (Å²) in [5.41, 5.74) is 0. The summed E-state index contributed by atoms with van der Waals surface area (Å²) in [4.78, 5) is 28.1. The Kier molecular flexibility index (Phi) is 4.94. The van der Waals surface area contributed by atoms with Gasteiger partial charge in [0.2, 0.25) is 6.41 Å². The Morgan fingerprint density at radius 2 is 1.68 bits per heavy atom. The lowest BCUT2D eigenvalue weighted by molar-refractivity contribution is -0.119. The summed E-state index contributed by atoms with van der Waals surface area (Å²) < 4.78 is 38.3. The maximum atomic E-state index is 13.0. The fourth-order valence-electron chi connectivity index (χ4n) is 3.19. The van der Waals surface area contributed by atoms with Crippen LogP contribution in [0, 0.1) is 5.82 Å². The van der Waals surface area contributed by atoms with Crippen molar-refractivity contribution in [2.45, 2.75) is 16.6 Å². The van der Waals surface area contributed by atoms with Gasteiger partial charge in [-0.15, -0.1) is 0 Å². The SMILES string of the molecule is O=CN1CCN(C(=O)N2CCC(S(=O)(=O)c3ccc(F)cc3)C2)CC1. The monoisotopic (exact) mass is 369 g/mol. The minimum absolute atomic E-state index is 0.0767. The van der Waals surface area contributed by atoms with Gasteiger partial charge in [-0.2, -0.15) is 0 Å². The second-order valence-electron chi connectivity index (χ2n) is 6.27. The summed E-state index contributed by atoms with van der Waals surface area (Å²) in [6, 6.07) is 4.57. The smallest absolute Gasteiger partial charge is 0.320 e. The highest BCUT2D eigenvalue weighted by molar-refractivity contribution is 7.92. The third-order valence-electron chi connectivity index (χ3n) is 4.73. The summed E-state index contributed by atoms with van der Waals surface area (Å²) in [7, 11) is -3.60. The predicted octanol–water partition coefficient (Wildman–Crippen LogP) is 0.568. The average molecular weight is 369 g/mol. The molecule has 0 radical (unpaired) electrons. The summed E-state index contributed by atoms with van der Waals surface area (Å²) in [5.74, 6) is -0.489. The number of carbonyl (C=O) groups is 2. The number of amides is 3. The molecule has 9 heteroatoms. The number of urea groups is 1. The maximum absolute atomic E-state index is 13.0. The van der Waals surface area contributed by atoms with Gasteiger partial charge in [0.1, 0.15) is 5.82 Å². The van der Waals surface area contributed by atoms with Crippen LogP contribution in [0.5, 0.6) is 0 Å². The molecule has 7 nitrogen and oxygen atoms in total. The number of sulfone groups is 1. The molecular weight excluding hydrogens is 349 g/mol. The van der Waals surface area contributed by atoms with Crippen LogP contribution in [0.15, 0.2) is 29.2 Å². The molecule has 136 valence electrons. The molecule has 0 N–H and O–H groups in total. The van der Waals surface area contributed by atoms with E-state index in [9.17, 15) is 22.4 Å². The van der Waals surface area contributed by atoms with E-state index < -0.39 is 20.9 Å². The highest BCUT2D eigenvalue weighted by Gasteiger charge is 2.37. The van der Waals surface area contributed by atoms with E-state index in [0.29, 0.717) is 39.1 Å². The topological polar surface area (TPSA) is 78.0 Å². The van der Waals surface area contributed by atoms with E-state index in [-0.39, 0.29) is 17.5 Å². The number of benzene rings is 1. The molecule has 2 heterocycles. The fourth-order valence-corrected chi connectivity index (χ4v) is 4.88. The third-order valence-corrected chi connectivity index (χ3v) is 6.92. The van der Waals surface area contributed by atoms with E-state index in [1.807, 2.05) is 0 Å². The lowest BCUT2D eigenvalue weighted by atomic mass is 10.3. The van der Waals surface area contributed by atoms with Gasteiger partial charge < -0.3 is 14.7 Å². The molecule has 0 saturated carbocycles. The van der Waals surface area contributed by atoms with Crippen molar-refractivity contribution in [3.63, 3.8) is 0 Å². The number of hydrogen-bond donors (Lipinski definition) is 0. The lowest BCUT2D eigenvalue weighted by Gasteiger charge is -2.35. The molecule has 0 bridgehead atoms. The Hall–Kier alpha value is -2.16. The summed E-state index contributed by atoms with van der Waals surface area (Å²) in [5, 5.41) is -0.682. The van der Waals surface area contributed by atoms with Gasteiger partial charge in [-0.05, 0) is 30.7 Å². The van der Waals surface area contributed by atoms with Crippen LogP contribution < -0.4 is 0 Å². The van der Waals surface area contributed by atoms with E-state index in [2.05, 4.69) is 0 Å². The molecule has 2 aliphatic rings. The number of rotatable bonds is 3. The van der Waals surface area contributed by atoms with Crippen molar-refractivity contribution in [3.8, 4) is 0 Å². The Labute approximate surface area is 145 Å². The van der Waals surface area contributed by atoms with Crippen LogP contribution in [0.3, 0.4) is 0 Å². The second-order valence-corrected chi connectivity index (χ2v) is 8.49. The minimum atomic E-state index is -3.60. The van der Waals surface area contributed by atoms with Crippen molar-refractivity contribution in [2.24, 2.45) is 0 Å². The lowest BCUT2D eigenvalue weighted by Crippen LogP contribution is -2.52. The highest BCUT2D eigenvalue weighted by Crippen LogP contribution is 2.25. The first-order valence-electron chi connectivity index (χ1n) is 8.14. The van der Waals surface area contributed by atoms with Crippen LogP contribution in [0.4, 0.5) is 9.18 Å². The Bertz CT molecular complexity index is 745. The van der Waals surface area contributed by atoms with Crippen molar-refractivity contribution in [1.82, 2.24) is 14.7 Å². The molecule has 2 fully saturated rings. The molecular formula is C16H20FN3O4S. The second kappa shape index (κ2) is 6.99. The van der Waals surface area contributed by atoms with Crippen molar-refractivity contribution in [2.75, 3.05) is 39.3 Å². The number of piperazine rings is 1. The molecule has 0 aromatic heterocycles. The standard InChI is InChI=1S/C16H20FN3O4S/c17-13-1-3-14(4-2-13)25(23,24)15-5-6-20(11-15)16(22)19-9-7-18(12-21)8-10-19/h1-4,12,15H,5-11H2. The predicted molar refractivity (Wildman–Crippen MR) is 88.2 cm³/mol. The molecule has 1 aromatic carbocycles. The number of carbonyl (C=O) groups excluding carboxylic acids is 2. The van der Waals surface area contributed by atoms with Crippen LogP contribution in [-0.2, 0) is 14.6 Å². The Balaban J connectivity index is 1.64. The number of nitrogens with zero attached hydrogens (tertiary/aromatic N) is 3. The van der Waals surface area contributed by atoms with E-state index in [0.717, 1.165) is 18.5 Å². The zero-order chi connectivity index (χ0) is 18.0. The summed E-state index contributed by atoms with van der Waals surface area (Å²) in [6.45, 7) is 2.37. The van der Waals surface area contributed by atoms with Crippen LogP contribution in [-0.4, -0.2) is 80.1 Å². The van der Waals surface area contributed by atoms with Gasteiger partial charge in [0.25, 0.3) is 0 Å². The summed E-state index contributed by atoms with van der Waals surface area (Å²) >= 11 is 0.